The highest BCUT2D eigenvalue weighted by Crippen LogP contribution is 2.37. The monoisotopic (exact) mass is 392 g/mol. The van der Waals surface area contributed by atoms with Crippen LogP contribution in [0.25, 0.3) is 0 Å². The number of aldehydes is 1. The lowest BCUT2D eigenvalue weighted by Crippen LogP contribution is -1.92. The molecule has 88 valence electrons. The fourth-order valence-electron chi connectivity index (χ4n) is 1.55. The van der Waals surface area contributed by atoms with Crippen LogP contribution in [0.2, 0.25) is 5.02 Å². The molecule has 1 heterocycles. The second-order valence-corrected chi connectivity index (χ2v) is 7.56. The third kappa shape index (κ3) is 2.99. The van der Waals surface area contributed by atoms with Crippen molar-refractivity contribution >= 4 is 61.1 Å². The smallest absolute Gasteiger partial charge is 0.152 e. The van der Waals surface area contributed by atoms with Gasteiger partial charge in [0.25, 0.3) is 0 Å². The highest BCUT2D eigenvalue weighted by molar-refractivity contribution is 9.12. The van der Waals surface area contributed by atoms with Gasteiger partial charge < -0.3 is 0 Å². The van der Waals surface area contributed by atoms with Crippen molar-refractivity contribution in [1.29, 1.82) is 0 Å². The topological polar surface area (TPSA) is 17.1 Å². The Balaban J connectivity index is 2.39. The first-order valence-corrected chi connectivity index (χ1v) is 7.56. The van der Waals surface area contributed by atoms with Gasteiger partial charge in [0, 0.05) is 17.0 Å². The standard InChI is InChI=1S/C12H7Br2ClOS/c13-11-9(10(6-16)12(14)17-11)5-7-2-1-3-8(15)4-7/h1-4,6H,5H2. The molecule has 17 heavy (non-hydrogen) atoms. The van der Waals surface area contributed by atoms with Gasteiger partial charge in [-0.3, -0.25) is 4.79 Å². The van der Waals surface area contributed by atoms with E-state index in [9.17, 15) is 4.79 Å². The van der Waals surface area contributed by atoms with E-state index in [1.807, 2.05) is 24.3 Å². The normalized spacial score (nSPS) is 10.5. The average molecular weight is 395 g/mol. The Labute approximate surface area is 125 Å². The molecule has 0 aliphatic carbocycles. The largest absolute Gasteiger partial charge is 0.298 e. The van der Waals surface area contributed by atoms with Crippen molar-refractivity contribution in [1.82, 2.24) is 0 Å². The molecule has 0 N–H and O–H groups in total. The van der Waals surface area contributed by atoms with Crippen molar-refractivity contribution in [2.45, 2.75) is 6.42 Å². The van der Waals surface area contributed by atoms with E-state index >= 15 is 0 Å². The fourth-order valence-corrected chi connectivity index (χ4v) is 4.82. The number of thiophene rings is 1. The Kier molecular flexibility index (Phi) is 4.42. The molecule has 0 aliphatic heterocycles. The Hall–Kier alpha value is -0.160. The quantitative estimate of drug-likeness (QED) is 0.643. The molecule has 0 saturated carbocycles. The minimum absolute atomic E-state index is 0.692. The molecule has 0 saturated heterocycles. The summed E-state index contributed by atoms with van der Waals surface area (Å²) < 4.78 is 1.84. The molecule has 0 bridgehead atoms. The van der Waals surface area contributed by atoms with Crippen molar-refractivity contribution in [3.8, 4) is 0 Å². The Bertz CT molecular complexity index is 566. The van der Waals surface area contributed by atoms with Crippen LogP contribution in [0.4, 0.5) is 0 Å². The molecule has 0 radical (unpaired) electrons. The first-order chi connectivity index (χ1) is 8.11. The number of carbonyl (C=O) groups excluding carboxylic acids is 1. The molecule has 1 nitrogen and oxygen atoms in total. The van der Waals surface area contributed by atoms with E-state index in [0.29, 0.717) is 17.0 Å². The van der Waals surface area contributed by atoms with Crippen LogP contribution in [-0.4, -0.2) is 6.29 Å². The zero-order valence-electron chi connectivity index (χ0n) is 8.54. The molecule has 2 aromatic rings. The van der Waals surface area contributed by atoms with Crippen LogP contribution < -0.4 is 0 Å². The minimum atomic E-state index is 0.692. The summed E-state index contributed by atoms with van der Waals surface area (Å²) in [5.41, 5.74) is 2.80. The lowest BCUT2D eigenvalue weighted by Gasteiger charge is -2.02. The van der Waals surface area contributed by atoms with Crippen molar-refractivity contribution in [2.75, 3.05) is 0 Å². The maximum Gasteiger partial charge on any atom is 0.152 e. The van der Waals surface area contributed by atoms with E-state index in [1.165, 1.54) is 11.3 Å². The zero-order chi connectivity index (χ0) is 12.4. The van der Waals surface area contributed by atoms with Crippen molar-refractivity contribution < 1.29 is 4.79 Å². The van der Waals surface area contributed by atoms with E-state index in [4.69, 9.17) is 11.6 Å². The maximum absolute atomic E-state index is 11.0. The van der Waals surface area contributed by atoms with Gasteiger partial charge in [0.15, 0.2) is 6.29 Å². The second-order valence-electron chi connectivity index (χ2n) is 3.47. The fraction of sp³-hybridized carbons (Fsp3) is 0.0833. The molecule has 0 aliphatic rings. The van der Waals surface area contributed by atoms with Crippen LogP contribution in [0.3, 0.4) is 0 Å². The zero-order valence-corrected chi connectivity index (χ0v) is 13.3. The molecule has 5 heteroatoms. The van der Waals surface area contributed by atoms with Gasteiger partial charge in [0.2, 0.25) is 0 Å². The predicted octanol–water partition coefficient (Wildman–Crippen LogP) is 5.33. The lowest BCUT2D eigenvalue weighted by molar-refractivity contribution is 0.112. The summed E-state index contributed by atoms with van der Waals surface area (Å²) in [4.78, 5) is 11.0. The summed E-state index contributed by atoms with van der Waals surface area (Å²) >= 11 is 14.3. The highest BCUT2D eigenvalue weighted by atomic mass is 79.9. The summed E-state index contributed by atoms with van der Waals surface area (Å²) in [6.45, 7) is 0. The number of rotatable bonds is 3. The van der Waals surface area contributed by atoms with Crippen LogP contribution in [0, 0.1) is 0 Å². The van der Waals surface area contributed by atoms with Gasteiger partial charge in [0.1, 0.15) is 0 Å². The number of carbonyl (C=O) groups is 1. The molecule has 0 unspecified atom stereocenters. The molecule has 0 fully saturated rings. The van der Waals surface area contributed by atoms with Gasteiger partial charge in [-0.2, -0.15) is 0 Å². The molecule has 0 amide bonds. The van der Waals surface area contributed by atoms with Gasteiger partial charge in [-0.1, -0.05) is 23.7 Å². The van der Waals surface area contributed by atoms with Crippen LogP contribution >= 0.6 is 54.8 Å². The Morgan fingerprint density at radius 1 is 1.29 bits per heavy atom. The van der Waals surface area contributed by atoms with Gasteiger partial charge in [-0.25, -0.2) is 0 Å². The predicted molar refractivity (Wildman–Crippen MR) is 79.4 cm³/mol. The van der Waals surface area contributed by atoms with Gasteiger partial charge >= 0.3 is 0 Å². The summed E-state index contributed by atoms with van der Waals surface area (Å²) in [5.74, 6) is 0. The van der Waals surface area contributed by atoms with Gasteiger partial charge in [-0.05, 0) is 55.1 Å². The van der Waals surface area contributed by atoms with Crippen LogP contribution in [0.5, 0.6) is 0 Å². The first-order valence-electron chi connectivity index (χ1n) is 4.78. The van der Waals surface area contributed by atoms with E-state index in [-0.39, 0.29) is 0 Å². The SMILES string of the molecule is O=Cc1c(Br)sc(Br)c1Cc1cccc(Cl)c1. The molecular weight excluding hydrogens is 387 g/mol. The molecule has 0 spiro atoms. The molecular formula is C12H7Br2ClOS. The third-order valence-corrected chi connectivity index (χ3v) is 5.28. The van der Waals surface area contributed by atoms with Crippen LogP contribution in [0.1, 0.15) is 21.5 Å². The number of benzene rings is 1. The maximum atomic E-state index is 11.0. The van der Waals surface area contributed by atoms with E-state index in [1.54, 1.807) is 0 Å². The summed E-state index contributed by atoms with van der Waals surface area (Å²) in [6, 6.07) is 7.66. The first kappa shape index (κ1) is 13.3. The van der Waals surface area contributed by atoms with Crippen LogP contribution in [0.15, 0.2) is 31.8 Å². The molecule has 0 atom stereocenters. The minimum Gasteiger partial charge on any atom is -0.298 e. The lowest BCUT2D eigenvalue weighted by atomic mass is 10.1. The third-order valence-electron chi connectivity index (χ3n) is 2.34. The molecule has 1 aromatic heterocycles. The number of hydrogen-bond acceptors (Lipinski definition) is 2. The number of hydrogen-bond donors (Lipinski definition) is 0. The summed E-state index contributed by atoms with van der Waals surface area (Å²) in [7, 11) is 0. The highest BCUT2D eigenvalue weighted by Gasteiger charge is 2.14. The Morgan fingerprint density at radius 3 is 2.71 bits per heavy atom. The van der Waals surface area contributed by atoms with E-state index in [2.05, 4.69) is 31.9 Å². The van der Waals surface area contributed by atoms with Crippen molar-refractivity contribution in [3.63, 3.8) is 0 Å². The van der Waals surface area contributed by atoms with Gasteiger partial charge in [0.05, 0.1) is 7.57 Å². The van der Waals surface area contributed by atoms with E-state index in [0.717, 1.165) is 25.0 Å². The Morgan fingerprint density at radius 2 is 2.06 bits per heavy atom. The molecule has 2 rings (SSSR count). The number of halogens is 3. The summed E-state index contributed by atoms with van der Waals surface area (Å²) in [6.07, 6.45) is 1.57. The average Bonchev–Trinajstić information content (AvgIpc) is 2.53. The summed E-state index contributed by atoms with van der Waals surface area (Å²) in [5, 5.41) is 0.709. The van der Waals surface area contributed by atoms with Gasteiger partial charge in [-0.15, -0.1) is 11.3 Å². The second kappa shape index (κ2) is 5.65. The van der Waals surface area contributed by atoms with Crippen molar-refractivity contribution in [3.05, 3.63) is 53.6 Å². The van der Waals surface area contributed by atoms with Crippen molar-refractivity contribution in [2.24, 2.45) is 0 Å². The van der Waals surface area contributed by atoms with E-state index < -0.39 is 0 Å². The van der Waals surface area contributed by atoms with Crippen LogP contribution in [-0.2, 0) is 6.42 Å². The molecule has 1 aromatic carbocycles.